The fourth-order valence-electron chi connectivity index (χ4n) is 2.43. The average Bonchev–Trinajstić information content (AvgIpc) is 2.54. The number of hydrogen-bond donors (Lipinski definition) is 1. The highest BCUT2D eigenvalue weighted by molar-refractivity contribution is 9.09. The van der Waals surface area contributed by atoms with Gasteiger partial charge in [-0.2, -0.15) is 0 Å². The number of hydrogen-bond acceptors (Lipinski definition) is 4. The van der Waals surface area contributed by atoms with Gasteiger partial charge < -0.3 is 19.5 Å². The number of benzene rings is 1. The van der Waals surface area contributed by atoms with Crippen molar-refractivity contribution in [2.45, 2.75) is 18.4 Å². The fraction of sp³-hybridized carbons (Fsp3) is 0.533. The van der Waals surface area contributed by atoms with E-state index in [4.69, 9.17) is 14.2 Å². The summed E-state index contributed by atoms with van der Waals surface area (Å²) in [6.45, 7) is 1.30. The topological polar surface area (TPSA) is 56.8 Å². The summed E-state index contributed by atoms with van der Waals surface area (Å²) in [5.41, 5.74) is 0.135. The molecule has 0 saturated carbocycles. The maximum Gasteiger partial charge on any atom is 0.259 e. The van der Waals surface area contributed by atoms with E-state index in [-0.39, 0.29) is 11.4 Å². The Hall–Kier alpha value is -1.27. The minimum atomic E-state index is -0.290. The molecule has 0 aromatic heterocycles. The Bertz CT molecular complexity index is 478. The van der Waals surface area contributed by atoms with Gasteiger partial charge in [-0.25, -0.2) is 0 Å². The van der Waals surface area contributed by atoms with Crippen LogP contribution in [0.4, 0.5) is 0 Å². The van der Waals surface area contributed by atoms with Crippen molar-refractivity contribution in [1.29, 1.82) is 0 Å². The van der Waals surface area contributed by atoms with Gasteiger partial charge in [-0.05, 0) is 25.0 Å². The predicted molar refractivity (Wildman–Crippen MR) is 83.6 cm³/mol. The van der Waals surface area contributed by atoms with Crippen molar-refractivity contribution in [3.8, 4) is 11.5 Å². The van der Waals surface area contributed by atoms with Crippen LogP contribution >= 0.6 is 15.9 Å². The lowest BCUT2D eigenvalue weighted by Gasteiger charge is -2.36. The number of carbonyl (C=O) groups is 1. The smallest absolute Gasteiger partial charge is 0.259 e. The molecule has 116 valence electrons. The van der Waals surface area contributed by atoms with Crippen molar-refractivity contribution < 1.29 is 19.0 Å². The van der Waals surface area contributed by atoms with E-state index in [1.165, 1.54) is 0 Å². The molecule has 1 aromatic carbocycles. The summed E-state index contributed by atoms with van der Waals surface area (Å²) < 4.78 is 16.0. The van der Waals surface area contributed by atoms with Crippen molar-refractivity contribution in [3.05, 3.63) is 23.8 Å². The van der Waals surface area contributed by atoms with Gasteiger partial charge in [0.2, 0.25) is 0 Å². The molecule has 1 aliphatic rings. The summed E-state index contributed by atoms with van der Waals surface area (Å²) in [6, 6.07) is 5.30. The van der Waals surface area contributed by atoms with Crippen LogP contribution in [0.15, 0.2) is 18.2 Å². The molecule has 1 fully saturated rings. The zero-order chi connectivity index (χ0) is 15.3. The Labute approximate surface area is 133 Å². The van der Waals surface area contributed by atoms with Gasteiger partial charge in [-0.15, -0.1) is 0 Å². The second-order valence-corrected chi connectivity index (χ2v) is 5.58. The maximum absolute atomic E-state index is 12.7. The van der Waals surface area contributed by atoms with Crippen LogP contribution in [0.5, 0.6) is 11.5 Å². The summed E-state index contributed by atoms with van der Waals surface area (Å²) in [7, 11) is 3.08. The predicted octanol–water partition coefficient (Wildman–Crippen LogP) is 2.38. The third kappa shape index (κ3) is 3.49. The van der Waals surface area contributed by atoms with Crippen molar-refractivity contribution in [2.75, 3.05) is 32.8 Å². The molecular formula is C15H20BrNO4. The van der Waals surface area contributed by atoms with Crippen LogP contribution in [-0.4, -0.2) is 44.2 Å². The molecule has 0 unspecified atom stereocenters. The average molecular weight is 358 g/mol. The summed E-state index contributed by atoms with van der Waals surface area (Å²) >= 11 is 3.51. The van der Waals surface area contributed by atoms with E-state index in [0.29, 0.717) is 35.6 Å². The fourth-order valence-corrected chi connectivity index (χ4v) is 3.13. The highest BCUT2D eigenvalue weighted by Gasteiger charge is 2.34. The van der Waals surface area contributed by atoms with E-state index in [1.807, 2.05) is 0 Å². The van der Waals surface area contributed by atoms with E-state index in [2.05, 4.69) is 21.2 Å². The zero-order valence-electron chi connectivity index (χ0n) is 12.3. The second kappa shape index (κ2) is 7.13. The number of alkyl halides is 1. The van der Waals surface area contributed by atoms with E-state index in [0.717, 1.165) is 12.8 Å². The molecule has 0 bridgehead atoms. The number of rotatable bonds is 5. The van der Waals surface area contributed by atoms with E-state index in [1.54, 1.807) is 32.4 Å². The molecule has 1 aliphatic heterocycles. The van der Waals surface area contributed by atoms with Gasteiger partial charge in [0, 0.05) is 18.5 Å². The van der Waals surface area contributed by atoms with Crippen LogP contribution in [-0.2, 0) is 4.74 Å². The van der Waals surface area contributed by atoms with Crippen molar-refractivity contribution in [1.82, 2.24) is 5.32 Å². The monoisotopic (exact) mass is 357 g/mol. The molecule has 1 N–H and O–H groups in total. The highest BCUT2D eigenvalue weighted by Crippen LogP contribution is 2.30. The lowest BCUT2D eigenvalue weighted by Crippen LogP contribution is -2.53. The van der Waals surface area contributed by atoms with Gasteiger partial charge in [0.1, 0.15) is 17.1 Å². The molecule has 0 radical (unpaired) electrons. The first-order chi connectivity index (χ1) is 10.2. The quantitative estimate of drug-likeness (QED) is 0.822. The van der Waals surface area contributed by atoms with Crippen LogP contribution in [0.1, 0.15) is 23.2 Å². The van der Waals surface area contributed by atoms with Gasteiger partial charge in [-0.3, -0.25) is 4.79 Å². The van der Waals surface area contributed by atoms with Gasteiger partial charge in [0.05, 0.1) is 19.8 Å². The molecule has 1 aromatic rings. The first-order valence-corrected chi connectivity index (χ1v) is 7.95. The molecule has 1 amide bonds. The molecule has 0 aliphatic carbocycles. The maximum atomic E-state index is 12.7. The molecule has 6 heteroatoms. The molecule has 21 heavy (non-hydrogen) atoms. The largest absolute Gasteiger partial charge is 0.496 e. The van der Waals surface area contributed by atoms with Crippen LogP contribution in [0.3, 0.4) is 0 Å². The molecule has 2 rings (SSSR count). The molecular weight excluding hydrogens is 338 g/mol. The number of methoxy groups -OCH3 is 2. The molecule has 1 heterocycles. The van der Waals surface area contributed by atoms with E-state index in [9.17, 15) is 4.79 Å². The summed E-state index contributed by atoms with van der Waals surface area (Å²) in [5, 5.41) is 3.81. The number of nitrogens with one attached hydrogen (secondary N) is 1. The summed E-state index contributed by atoms with van der Waals surface area (Å²) in [5.74, 6) is 0.818. The third-order valence-electron chi connectivity index (χ3n) is 3.74. The SMILES string of the molecule is COc1cccc(OC)c1C(=O)NC1(CBr)CCOCC1. The Morgan fingerprint density at radius 3 is 2.33 bits per heavy atom. The normalized spacial score (nSPS) is 17.1. The van der Waals surface area contributed by atoms with Crippen LogP contribution in [0.25, 0.3) is 0 Å². The van der Waals surface area contributed by atoms with E-state index >= 15 is 0 Å². The standard InChI is InChI=1S/C15H20BrNO4/c1-19-11-4-3-5-12(20-2)13(11)14(18)17-15(10-16)6-8-21-9-7-15/h3-5H,6-10H2,1-2H3,(H,17,18). The van der Waals surface area contributed by atoms with Crippen molar-refractivity contribution >= 4 is 21.8 Å². The van der Waals surface area contributed by atoms with E-state index < -0.39 is 0 Å². The minimum absolute atomic E-state index is 0.189. The Balaban J connectivity index is 2.27. The van der Waals surface area contributed by atoms with Gasteiger partial charge in [0.15, 0.2) is 0 Å². The Morgan fingerprint density at radius 2 is 1.86 bits per heavy atom. The number of amides is 1. The van der Waals surface area contributed by atoms with Crippen LogP contribution in [0, 0.1) is 0 Å². The Morgan fingerprint density at radius 1 is 1.29 bits per heavy atom. The molecule has 5 nitrogen and oxygen atoms in total. The number of halogens is 1. The number of carbonyl (C=O) groups excluding carboxylic acids is 1. The van der Waals surface area contributed by atoms with Gasteiger partial charge in [0.25, 0.3) is 5.91 Å². The molecule has 0 spiro atoms. The lowest BCUT2D eigenvalue weighted by molar-refractivity contribution is 0.0440. The van der Waals surface area contributed by atoms with Crippen molar-refractivity contribution in [2.24, 2.45) is 0 Å². The van der Waals surface area contributed by atoms with Crippen molar-refractivity contribution in [3.63, 3.8) is 0 Å². The third-order valence-corrected chi connectivity index (χ3v) is 4.81. The second-order valence-electron chi connectivity index (χ2n) is 5.02. The Kier molecular flexibility index (Phi) is 5.47. The summed E-state index contributed by atoms with van der Waals surface area (Å²) in [6.07, 6.45) is 1.56. The lowest BCUT2D eigenvalue weighted by atomic mass is 9.92. The van der Waals surface area contributed by atoms with Crippen LogP contribution < -0.4 is 14.8 Å². The molecule has 0 atom stereocenters. The van der Waals surface area contributed by atoms with Gasteiger partial charge in [-0.1, -0.05) is 22.0 Å². The minimum Gasteiger partial charge on any atom is -0.496 e. The summed E-state index contributed by atoms with van der Waals surface area (Å²) in [4.78, 5) is 12.7. The molecule has 1 saturated heterocycles. The van der Waals surface area contributed by atoms with Crippen LogP contribution in [0.2, 0.25) is 0 Å². The van der Waals surface area contributed by atoms with Gasteiger partial charge >= 0.3 is 0 Å². The first-order valence-electron chi connectivity index (χ1n) is 6.83. The highest BCUT2D eigenvalue weighted by atomic mass is 79.9. The first kappa shape index (κ1) is 16.1. The zero-order valence-corrected chi connectivity index (χ0v) is 13.9. The number of ether oxygens (including phenoxy) is 3.